The lowest BCUT2D eigenvalue weighted by Crippen LogP contribution is -2.32. The summed E-state index contributed by atoms with van der Waals surface area (Å²) in [4.78, 5) is 11.1. The quantitative estimate of drug-likeness (QED) is 0.658. The zero-order valence-corrected chi connectivity index (χ0v) is 7.82. The van der Waals surface area contributed by atoms with E-state index >= 15 is 0 Å². The average molecular weight is 191 g/mol. The van der Waals surface area contributed by atoms with Crippen molar-refractivity contribution in [1.29, 1.82) is 0 Å². The fourth-order valence-corrected chi connectivity index (χ4v) is 2.12. The Balaban J connectivity index is 0.000000720. The molecule has 0 spiro atoms. The first-order chi connectivity index (χ1) is 5.26. The van der Waals surface area contributed by atoms with Gasteiger partial charge in [0.05, 0.1) is 5.41 Å². The third-order valence-corrected chi connectivity index (χ3v) is 3.12. The lowest BCUT2D eigenvalue weighted by atomic mass is 9.88. The molecule has 2 fully saturated rings. The van der Waals surface area contributed by atoms with Gasteiger partial charge < -0.3 is 11.1 Å². The Morgan fingerprint density at radius 3 is 2.50 bits per heavy atom. The van der Waals surface area contributed by atoms with E-state index in [1.54, 1.807) is 0 Å². The van der Waals surface area contributed by atoms with Crippen molar-refractivity contribution >= 4 is 18.3 Å². The van der Waals surface area contributed by atoms with Gasteiger partial charge in [0.1, 0.15) is 0 Å². The largest absolute Gasteiger partial charge is 0.369 e. The third-order valence-electron chi connectivity index (χ3n) is 3.12. The van der Waals surface area contributed by atoms with Gasteiger partial charge in [0, 0.05) is 0 Å². The molecule has 1 aliphatic carbocycles. The molecule has 3 nitrogen and oxygen atoms in total. The van der Waals surface area contributed by atoms with Crippen molar-refractivity contribution < 1.29 is 4.79 Å². The maximum absolute atomic E-state index is 11.1. The molecule has 3 N–H and O–H groups in total. The molecule has 70 valence electrons. The van der Waals surface area contributed by atoms with E-state index in [2.05, 4.69) is 5.32 Å². The van der Waals surface area contributed by atoms with Gasteiger partial charge in [-0.1, -0.05) is 0 Å². The van der Waals surface area contributed by atoms with Gasteiger partial charge in [-0.15, -0.1) is 12.4 Å². The molecule has 0 aromatic rings. The second-order valence-electron chi connectivity index (χ2n) is 3.71. The highest BCUT2D eigenvalue weighted by molar-refractivity contribution is 5.85. The molecule has 0 aromatic carbocycles. The number of rotatable bonds is 2. The molecule has 1 saturated carbocycles. The van der Waals surface area contributed by atoms with Crippen molar-refractivity contribution in [3.05, 3.63) is 0 Å². The van der Waals surface area contributed by atoms with Gasteiger partial charge >= 0.3 is 0 Å². The highest BCUT2D eigenvalue weighted by Crippen LogP contribution is 2.53. The van der Waals surface area contributed by atoms with Crippen molar-refractivity contribution in [2.24, 2.45) is 17.1 Å². The summed E-state index contributed by atoms with van der Waals surface area (Å²) in [6, 6.07) is 0. The topological polar surface area (TPSA) is 55.1 Å². The van der Waals surface area contributed by atoms with Crippen LogP contribution in [0, 0.1) is 11.3 Å². The Morgan fingerprint density at radius 2 is 2.17 bits per heavy atom. The Kier molecular flexibility index (Phi) is 2.64. The fourth-order valence-electron chi connectivity index (χ4n) is 2.12. The van der Waals surface area contributed by atoms with Gasteiger partial charge in [0.25, 0.3) is 0 Å². The minimum Gasteiger partial charge on any atom is -0.369 e. The fraction of sp³-hybridized carbons (Fsp3) is 0.875. The number of nitrogens with one attached hydrogen (secondary N) is 1. The highest BCUT2D eigenvalue weighted by Gasteiger charge is 2.54. The lowest BCUT2D eigenvalue weighted by Gasteiger charge is -2.17. The molecular formula is C8H15ClN2O. The first-order valence-electron chi connectivity index (χ1n) is 4.26. The minimum absolute atomic E-state index is 0. The Morgan fingerprint density at radius 1 is 1.50 bits per heavy atom. The molecule has 1 heterocycles. The van der Waals surface area contributed by atoms with Crippen LogP contribution in [0.2, 0.25) is 0 Å². The first kappa shape index (κ1) is 9.81. The molecule has 12 heavy (non-hydrogen) atoms. The molecule has 1 atom stereocenters. The molecule has 1 saturated heterocycles. The maximum atomic E-state index is 11.1. The predicted octanol–water partition coefficient (Wildman–Crippen LogP) is 0.283. The number of hydrogen-bond acceptors (Lipinski definition) is 2. The van der Waals surface area contributed by atoms with Gasteiger partial charge in [-0.3, -0.25) is 4.79 Å². The highest BCUT2D eigenvalue weighted by atomic mass is 35.5. The van der Waals surface area contributed by atoms with Crippen LogP contribution in [-0.2, 0) is 4.79 Å². The van der Waals surface area contributed by atoms with Gasteiger partial charge in [-0.25, -0.2) is 0 Å². The van der Waals surface area contributed by atoms with Crippen LogP contribution in [0.4, 0.5) is 0 Å². The molecule has 1 amide bonds. The molecule has 1 aliphatic heterocycles. The van der Waals surface area contributed by atoms with Crippen LogP contribution >= 0.6 is 12.4 Å². The number of carbonyl (C=O) groups is 1. The Labute approximate surface area is 78.5 Å². The lowest BCUT2D eigenvalue weighted by molar-refractivity contribution is -0.124. The summed E-state index contributed by atoms with van der Waals surface area (Å²) in [6.07, 6.45) is 3.17. The monoisotopic (exact) mass is 190 g/mol. The van der Waals surface area contributed by atoms with Crippen LogP contribution in [0.15, 0.2) is 0 Å². The number of nitrogens with two attached hydrogens (primary N) is 1. The van der Waals surface area contributed by atoms with Crippen molar-refractivity contribution in [3.63, 3.8) is 0 Å². The SMILES string of the molecule is Cl.NC(=O)C1(C2CCNC2)CC1. The van der Waals surface area contributed by atoms with Crippen molar-refractivity contribution in [1.82, 2.24) is 5.32 Å². The summed E-state index contributed by atoms with van der Waals surface area (Å²) in [5.74, 6) is 0.450. The van der Waals surface area contributed by atoms with E-state index < -0.39 is 0 Å². The minimum atomic E-state index is -0.0937. The van der Waals surface area contributed by atoms with Gasteiger partial charge in [0.15, 0.2) is 0 Å². The normalized spacial score (nSPS) is 30.8. The van der Waals surface area contributed by atoms with E-state index in [1.165, 1.54) is 0 Å². The van der Waals surface area contributed by atoms with Crippen LogP contribution in [0.3, 0.4) is 0 Å². The van der Waals surface area contributed by atoms with E-state index in [0.29, 0.717) is 5.92 Å². The van der Waals surface area contributed by atoms with E-state index in [-0.39, 0.29) is 23.7 Å². The van der Waals surface area contributed by atoms with E-state index in [9.17, 15) is 4.79 Å². The third kappa shape index (κ3) is 1.31. The Hall–Kier alpha value is -0.280. The smallest absolute Gasteiger partial charge is 0.223 e. The molecule has 4 heteroatoms. The number of amides is 1. The van der Waals surface area contributed by atoms with Crippen LogP contribution in [-0.4, -0.2) is 19.0 Å². The molecule has 1 unspecified atom stereocenters. The summed E-state index contributed by atoms with van der Waals surface area (Å²) < 4.78 is 0. The first-order valence-corrected chi connectivity index (χ1v) is 4.26. The summed E-state index contributed by atoms with van der Waals surface area (Å²) in [5.41, 5.74) is 5.25. The summed E-state index contributed by atoms with van der Waals surface area (Å²) in [6.45, 7) is 2.04. The Bertz CT molecular complexity index is 185. The van der Waals surface area contributed by atoms with Gasteiger partial charge in [-0.05, 0) is 38.3 Å². The molecular weight excluding hydrogens is 176 g/mol. The number of primary amides is 1. The van der Waals surface area contributed by atoms with Crippen molar-refractivity contribution in [2.45, 2.75) is 19.3 Å². The molecule has 0 bridgehead atoms. The van der Waals surface area contributed by atoms with Gasteiger partial charge in [0.2, 0.25) is 5.91 Å². The number of halogens is 1. The van der Waals surface area contributed by atoms with Crippen LogP contribution in [0.1, 0.15) is 19.3 Å². The summed E-state index contributed by atoms with van der Waals surface area (Å²) in [7, 11) is 0. The van der Waals surface area contributed by atoms with Crippen LogP contribution < -0.4 is 11.1 Å². The number of carbonyl (C=O) groups excluding carboxylic acids is 1. The van der Waals surface area contributed by atoms with Crippen molar-refractivity contribution in [3.8, 4) is 0 Å². The second-order valence-corrected chi connectivity index (χ2v) is 3.71. The van der Waals surface area contributed by atoms with Gasteiger partial charge in [-0.2, -0.15) is 0 Å². The second kappa shape index (κ2) is 3.23. The summed E-state index contributed by atoms with van der Waals surface area (Å²) in [5, 5.41) is 3.27. The van der Waals surface area contributed by atoms with E-state index in [4.69, 9.17) is 5.73 Å². The van der Waals surface area contributed by atoms with Crippen LogP contribution in [0.5, 0.6) is 0 Å². The molecule has 2 aliphatic rings. The molecule has 0 aromatic heterocycles. The molecule has 0 radical (unpaired) electrons. The number of hydrogen-bond donors (Lipinski definition) is 2. The maximum Gasteiger partial charge on any atom is 0.223 e. The standard InChI is InChI=1S/C8H14N2O.ClH/c9-7(11)8(2-3-8)6-1-4-10-5-6;/h6,10H,1-5H2,(H2,9,11);1H. The zero-order valence-electron chi connectivity index (χ0n) is 7.01. The van der Waals surface area contributed by atoms with Crippen molar-refractivity contribution in [2.75, 3.05) is 13.1 Å². The molecule has 2 rings (SSSR count). The van der Waals surface area contributed by atoms with E-state index in [1.807, 2.05) is 0 Å². The average Bonchev–Trinajstić information content (AvgIpc) is 2.61. The van der Waals surface area contributed by atoms with E-state index in [0.717, 1.165) is 32.4 Å². The zero-order chi connectivity index (χ0) is 7.90. The van der Waals surface area contributed by atoms with Crippen LogP contribution in [0.25, 0.3) is 0 Å². The summed E-state index contributed by atoms with van der Waals surface area (Å²) >= 11 is 0. The predicted molar refractivity (Wildman–Crippen MR) is 49.1 cm³/mol.